The third-order valence-electron chi connectivity index (χ3n) is 4.93. The molecule has 0 atom stereocenters. The maximum atomic E-state index is 12.4. The number of aliphatic carboxylic acids is 1. The molecule has 0 radical (unpaired) electrons. The third-order valence-corrected chi connectivity index (χ3v) is 4.93. The Morgan fingerprint density at radius 3 is 2.45 bits per heavy atom. The first-order valence-corrected chi connectivity index (χ1v) is 8.26. The highest BCUT2D eigenvalue weighted by atomic mass is 16.5. The first-order chi connectivity index (χ1) is 10.6. The Morgan fingerprint density at radius 1 is 1.23 bits per heavy atom. The van der Waals surface area contributed by atoms with Gasteiger partial charge in [0.2, 0.25) is 5.91 Å². The van der Waals surface area contributed by atoms with Crippen molar-refractivity contribution < 1.29 is 24.2 Å². The number of hydrogen-bond acceptors (Lipinski definition) is 4. The van der Waals surface area contributed by atoms with Crippen molar-refractivity contribution in [3.63, 3.8) is 0 Å². The molecule has 2 rings (SSSR count). The van der Waals surface area contributed by atoms with Gasteiger partial charge in [-0.25, -0.2) is 4.79 Å². The highest BCUT2D eigenvalue weighted by molar-refractivity contribution is 5.87. The van der Waals surface area contributed by atoms with Crippen molar-refractivity contribution in [3.8, 4) is 0 Å². The van der Waals surface area contributed by atoms with Crippen LogP contribution in [-0.4, -0.2) is 60.4 Å². The molecule has 1 aliphatic heterocycles. The van der Waals surface area contributed by atoms with Crippen LogP contribution in [0.1, 0.15) is 51.4 Å². The Hall–Kier alpha value is -1.14. The summed E-state index contributed by atoms with van der Waals surface area (Å²) in [5.74, 6) is -1.02. The van der Waals surface area contributed by atoms with Crippen molar-refractivity contribution in [1.29, 1.82) is 0 Å². The number of hydrogen-bond donors (Lipinski definition) is 1. The van der Waals surface area contributed by atoms with Gasteiger partial charge < -0.3 is 19.5 Å². The molecule has 0 aromatic rings. The first-order valence-electron chi connectivity index (χ1n) is 8.26. The Bertz CT molecular complexity index is 386. The molecule has 126 valence electrons. The summed E-state index contributed by atoms with van der Waals surface area (Å²) in [5.41, 5.74) is -1.02. The van der Waals surface area contributed by atoms with Gasteiger partial charge in [-0.15, -0.1) is 0 Å². The lowest BCUT2D eigenvalue weighted by atomic mass is 9.80. The zero-order valence-electron chi connectivity index (χ0n) is 13.4. The number of likely N-dealkylation sites (N-methyl/N-ethyl adjacent to an activating group) is 1. The van der Waals surface area contributed by atoms with Crippen LogP contribution in [-0.2, 0) is 19.1 Å². The lowest BCUT2D eigenvalue weighted by molar-refractivity contribution is -0.161. The topological polar surface area (TPSA) is 76.1 Å². The number of rotatable bonds is 6. The second kappa shape index (κ2) is 7.92. The lowest BCUT2D eigenvalue weighted by Gasteiger charge is -2.41. The fraction of sp³-hybridized carbons (Fsp3) is 0.875. The highest BCUT2D eigenvalue weighted by Crippen LogP contribution is 2.33. The van der Waals surface area contributed by atoms with E-state index in [2.05, 4.69) is 0 Å². The normalized spacial score (nSPS) is 22.2. The molecule has 1 aliphatic carbocycles. The standard InChI is InChI=1S/C16H27NO5/c1-17(16(15(19)20)8-3-2-4-9-16)14(18)7-12-22-13-5-10-21-11-6-13/h13H,2-12H2,1H3,(H,19,20). The van der Waals surface area contributed by atoms with Gasteiger partial charge in [0.1, 0.15) is 5.54 Å². The van der Waals surface area contributed by atoms with Crippen molar-refractivity contribution in [2.45, 2.75) is 63.0 Å². The number of carbonyl (C=O) groups is 2. The molecule has 0 aromatic carbocycles. The molecule has 0 bridgehead atoms. The van der Waals surface area contributed by atoms with Gasteiger partial charge in [0, 0.05) is 20.3 Å². The van der Waals surface area contributed by atoms with Gasteiger partial charge in [0.15, 0.2) is 0 Å². The van der Waals surface area contributed by atoms with Crippen LogP contribution in [0.4, 0.5) is 0 Å². The molecular weight excluding hydrogens is 286 g/mol. The van der Waals surface area contributed by atoms with Gasteiger partial charge in [-0.3, -0.25) is 4.79 Å². The van der Waals surface area contributed by atoms with E-state index in [9.17, 15) is 14.7 Å². The van der Waals surface area contributed by atoms with Gasteiger partial charge >= 0.3 is 5.97 Å². The molecule has 2 aliphatic rings. The third kappa shape index (κ3) is 3.98. The summed E-state index contributed by atoms with van der Waals surface area (Å²) in [6.07, 6.45) is 6.00. The van der Waals surface area contributed by atoms with Crippen LogP contribution >= 0.6 is 0 Å². The van der Waals surface area contributed by atoms with Crippen LogP contribution < -0.4 is 0 Å². The summed E-state index contributed by atoms with van der Waals surface area (Å²) in [4.78, 5) is 25.5. The van der Waals surface area contributed by atoms with E-state index in [-0.39, 0.29) is 18.4 Å². The van der Waals surface area contributed by atoms with Gasteiger partial charge in [0.05, 0.1) is 19.1 Å². The van der Waals surface area contributed by atoms with Crippen LogP contribution in [0.25, 0.3) is 0 Å². The molecule has 1 amide bonds. The van der Waals surface area contributed by atoms with Crippen LogP contribution in [0.5, 0.6) is 0 Å². The van der Waals surface area contributed by atoms with E-state index in [1.54, 1.807) is 7.05 Å². The smallest absolute Gasteiger partial charge is 0.329 e. The monoisotopic (exact) mass is 313 g/mol. The Labute approximate surface area is 131 Å². The number of carbonyl (C=O) groups excluding carboxylic acids is 1. The molecule has 6 nitrogen and oxygen atoms in total. The van der Waals surface area contributed by atoms with E-state index in [1.165, 1.54) is 4.90 Å². The fourth-order valence-corrected chi connectivity index (χ4v) is 3.39. The summed E-state index contributed by atoms with van der Waals surface area (Å²) in [6, 6.07) is 0. The van der Waals surface area contributed by atoms with E-state index in [4.69, 9.17) is 9.47 Å². The molecule has 0 aromatic heterocycles. The van der Waals surface area contributed by atoms with E-state index >= 15 is 0 Å². The predicted molar refractivity (Wildman–Crippen MR) is 80.6 cm³/mol. The van der Waals surface area contributed by atoms with Crippen molar-refractivity contribution in [2.24, 2.45) is 0 Å². The Balaban J connectivity index is 1.83. The van der Waals surface area contributed by atoms with Crippen molar-refractivity contribution >= 4 is 11.9 Å². The molecular formula is C16H27NO5. The summed E-state index contributed by atoms with van der Waals surface area (Å²) < 4.78 is 11.0. The lowest BCUT2D eigenvalue weighted by Crippen LogP contribution is -2.56. The van der Waals surface area contributed by atoms with E-state index < -0.39 is 11.5 Å². The molecule has 1 heterocycles. The van der Waals surface area contributed by atoms with Crippen molar-refractivity contribution in [1.82, 2.24) is 4.90 Å². The second-order valence-corrected chi connectivity index (χ2v) is 6.28. The number of nitrogens with zero attached hydrogens (tertiary/aromatic N) is 1. The molecule has 0 spiro atoms. The zero-order chi connectivity index (χ0) is 16.0. The minimum Gasteiger partial charge on any atom is -0.479 e. The van der Waals surface area contributed by atoms with Crippen LogP contribution in [0.15, 0.2) is 0 Å². The van der Waals surface area contributed by atoms with Gasteiger partial charge in [-0.1, -0.05) is 19.3 Å². The fourth-order valence-electron chi connectivity index (χ4n) is 3.39. The van der Waals surface area contributed by atoms with Gasteiger partial charge in [-0.2, -0.15) is 0 Å². The summed E-state index contributed by atoms with van der Waals surface area (Å²) in [6.45, 7) is 1.77. The first kappa shape index (κ1) is 17.2. The van der Waals surface area contributed by atoms with Gasteiger partial charge in [0.25, 0.3) is 0 Å². The highest BCUT2D eigenvalue weighted by Gasteiger charge is 2.45. The van der Waals surface area contributed by atoms with Gasteiger partial charge in [-0.05, 0) is 25.7 Å². The summed E-state index contributed by atoms with van der Waals surface area (Å²) in [5, 5.41) is 9.60. The molecule has 2 fully saturated rings. The maximum absolute atomic E-state index is 12.4. The Kier molecular flexibility index (Phi) is 6.20. The second-order valence-electron chi connectivity index (χ2n) is 6.28. The Morgan fingerprint density at radius 2 is 1.86 bits per heavy atom. The molecule has 1 saturated heterocycles. The van der Waals surface area contributed by atoms with E-state index in [0.717, 1.165) is 32.1 Å². The maximum Gasteiger partial charge on any atom is 0.329 e. The average molecular weight is 313 g/mol. The van der Waals surface area contributed by atoms with Crippen molar-refractivity contribution in [3.05, 3.63) is 0 Å². The van der Waals surface area contributed by atoms with Crippen molar-refractivity contribution in [2.75, 3.05) is 26.9 Å². The van der Waals surface area contributed by atoms with Crippen LogP contribution in [0.2, 0.25) is 0 Å². The molecule has 0 unspecified atom stereocenters. The SMILES string of the molecule is CN(C(=O)CCOC1CCOCC1)C1(C(=O)O)CCCCC1. The number of ether oxygens (including phenoxy) is 2. The number of carboxylic acids is 1. The summed E-state index contributed by atoms with van der Waals surface area (Å²) >= 11 is 0. The predicted octanol–water partition coefficient (Wildman–Crippen LogP) is 1.82. The minimum atomic E-state index is -1.02. The number of carboxylic acid groups (broad SMARTS) is 1. The molecule has 22 heavy (non-hydrogen) atoms. The minimum absolute atomic E-state index is 0.142. The average Bonchev–Trinajstić information content (AvgIpc) is 2.55. The molecule has 1 saturated carbocycles. The number of amides is 1. The zero-order valence-corrected chi connectivity index (χ0v) is 13.4. The molecule has 6 heteroatoms. The van der Waals surface area contributed by atoms with E-state index in [1.807, 2.05) is 0 Å². The quantitative estimate of drug-likeness (QED) is 0.809. The summed E-state index contributed by atoms with van der Waals surface area (Å²) in [7, 11) is 1.62. The largest absolute Gasteiger partial charge is 0.479 e. The molecule has 1 N–H and O–H groups in total. The van der Waals surface area contributed by atoms with Crippen LogP contribution in [0.3, 0.4) is 0 Å². The van der Waals surface area contributed by atoms with Crippen LogP contribution in [0, 0.1) is 0 Å². The van der Waals surface area contributed by atoms with E-state index in [0.29, 0.717) is 32.7 Å².